The second-order valence-electron chi connectivity index (χ2n) is 6.85. The first-order valence-corrected chi connectivity index (χ1v) is 9.02. The van der Waals surface area contributed by atoms with Crippen molar-refractivity contribution in [1.29, 1.82) is 0 Å². The minimum atomic E-state index is 0.259. The van der Waals surface area contributed by atoms with Gasteiger partial charge in [-0.3, -0.25) is 9.69 Å². The molecule has 0 spiro atoms. The Morgan fingerprint density at radius 3 is 2.83 bits per heavy atom. The summed E-state index contributed by atoms with van der Waals surface area (Å²) >= 11 is 0. The van der Waals surface area contributed by atoms with Gasteiger partial charge < -0.3 is 14.5 Å². The molecule has 2 aliphatic heterocycles. The van der Waals surface area contributed by atoms with Gasteiger partial charge in [-0.2, -0.15) is 0 Å². The number of carbonyl (C=O) groups excluding carboxylic acids is 1. The third kappa shape index (κ3) is 3.97. The molecule has 2 aliphatic rings. The van der Waals surface area contributed by atoms with Crippen molar-refractivity contribution in [1.82, 2.24) is 9.80 Å². The zero-order chi connectivity index (χ0) is 16.9. The average molecular weight is 331 g/mol. The Bertz CT molecular complexity index is 563. The van der Waals surface area contributed by atoms with Crippen LogP contribution in [0.15, 0.2) is 24.3 Å². The van der Waals surface area contributed by atoms with Gasteiger partial charge in [-0.15, -0.1) is 0 Å². The minimum absolute atomic E-state index is 0.259. The third-order valence-corrected chi connectivity index (χ3v) is 5.26. The van der Waals surface area contributed by atoms with Gasteiger partial charge >= 0.3 is 0 Å². The maximum atomic E-state index is 12.6. The Labute approximate surface area is 145 Å². The molecule has 0 aromatic heterocycles. The Balaban J connectivity index is 1.46. The van der Waals surface area contributed by atoms with E-state index in [0.717, 1.165) is 58.0 Å². The topological polar surface area (TPSA) is 36.0 Å². The summed E-state index contributed by atoms with van der Waals surface area (Å²) in [6.45, 7) is 8.88. The second kappa shape index (κ2) is 8.10. The fourth-order valence-electron chi connectivity index (χ4n) is 3.80. The lowest BCUT2D eigenvalue weighted by atomic mass is 10.1. The number of hydrogen-bond donors (Lipinski definition) is 0. The van der Waals surface area contributed by atoms with Crippen LogP contribution < -0.4 is 4.90 Å². The number of amides is 1. The van der Waals surface area contributed by atoms with Crippen molar-refractivity contribution in [2.24, 2.45) is 0 Å². The number of nitrogens with zero attached hydrogens (tertiary/aromatic N) is 3. The Morgan fingerprint density at radius 1 is 1.21 bits per heavy atom. The van der Waals surface area contributed by atoms with E-state index in [0.29, 0.717) is 12.5 Å². The average Bonchev–Trinajstić information content (AvgIpc) is 3.03. The molecule has 0 N–H and O–H groups in total. The van der Waals surface area contributed by atoms with Crippen LogP contribution in [0.25, 0.3) is 0 Å². The van der Waals surface area contributed by atoms with Gasteiger partial charge in [0.1, 0.15) is 0 Å². The molecule has 3 rings (SSSR count). The quantitative estimate of drug-likeness (QED) is 0.794. The largest absolute Gasteiger partial charge is 0.383 e. The number of hydrogen-bond acceptors (Lipinski definition) is 4. The first kappa shape index (κ1) is 17.4. The highest BCUT2D eigenvalue weighted by atomic mass is 16.5. The van der Waals surface area contributed by atoms with Gasteiger partial charge in [-0.25, -0.2) is 0 Å². The number of methoxy groups -OCH3 is 1. The van der Waals surface area contributed by atoms with Crippen LogP contribution in [0.4, 0.5) is 5.69 Å². The van der Waals surface area contributed by atoms with Crippen LogP contribution in [-0.2, 0) is 16.0 Å². The third-order valence-electron chi connectivity index (χ3n) is 5.26. The van der Waals surface area contributed by atoms with Crippen molar-refractivity contribution >= 4 is 11.6 Å². The molecule has 5 heteroatoms. The van der Waals surface area contributed by atoms with E-state index in [-0.39, 0.29) is 5.91 Å². The molecular weight excluding hydrogens is 302 g/mol. The fourth-order valence-corrected chi connectivity index (χ4v) is 3.80. The molecule has 1 fully saturated rings. The van der Waals surface area contributed by atoms with Gasteiger partial charge in [-0.05, 0) is 25.0 Å². The van der Waals surface area contributed by atoms with E-state index in [9.17, 15) is 4.79 Å². The Kier molecular flexibility index (Phi) is 5.87. The zero-order valence-electron chi connectivity index (χ0n) is 14.9. The highest BCUT2D eigenvalue weighted by Gasteiger charge is 2.26. The molecule has 2 heterocycles. The molecule has 1 amide bonds. The molecule has 0 bridgehead atoms. The van der Waals surface area contributed by atoms with Crippen LogP contribution in [0, 0.1) is 0 Å². The number of ether oxygens (including phenoxy) is 1. The Hall–Kier alpha value is -1.43. The van der Waals surface area contributed by atoms with Gasteiger partial charge in [-0.1, -0.05) is 18.2 Å². The lowest BCUT2D eigenvalue weighted by Gasteiger charge is -2.39. The molecule has 24 heavy (non-hydrogen) atoms. The van der Waals surface area contributed by atoms with Gasteiger partial charge in [0.25, 0.3) is 0 Å². The highest BCUT2D eigenvalue weighted by Crippen LogP contribution is 2.27. The molecule has 0 aliphatic carbocycles. The van der Waals surface area contributed by atoms with Crippen molar-refractivity contribution in [2.45, 2.75) is 25.8 Å². The SMILES string of the molecule is COCCN1CCN(CCC(=O)N2CCc3ccccc32)C[C@H]1C. The first-order valence-electron chi connectivity index (χ1n) is 9.02. The Morgan fingerprint density at radius 2 is 2.04 bits per heavy atom. The summed E-state index contributed by atoms with van der Waals surface area (Å²) in [7, 11) is 1.75. The number of fused-ring (bicyclic) bond motifs is 1. The summed E-state index contributed by atoms with van der Waals surface area (Å²) in [5.41, 5.74) is 2.41. The molecule has 5 nitrogen and oxygen atoms in total. The molecule has 0 saturated carbocycles. The maximum Gasteiger partial charge on any atom is 0.228 e. The summed E-state index contributed by atoms with van der Waals surface area (Å²) in [5, 5.41) is 0. The van der Waals surface area contributed by atoms with Gasteiger partial charge in [0.2, 0.25) is 5.91 Å². The number of rotatable bonds is 6. The van der Waals surface area contributed by atoms with Crippen LogP contribution in [0.2, 0.25) is 0 Å². The van der Waals surface area contributed by atoms with Crippen LogP contribution in [0.5, 0.6) is 0 Å². The van der Waals surface area contributed by atoms with E-state index in [2.05, 4.69) is 34.9 Å². The molecule has 132 valence electrons. The van der Waals surface area contributed by atoms with E-state index < -0.39 is 0 Å². The van der Waals surface area contributed by atoms with Gasteiger partial charge in [0, 0.05) is 64.5 Å². The summed E-state index contributed by atoms with van der Waals surface area (Å²) in [5.74, 6) is 0.259. The smallest absolute Gasteiger partial charge is 0.228 e. The number of para-hydroxylation sites is 1. The zero-order valence-corrected chi connectivity index (χ0v) is 14.9. The molecule has 0 radical (unpaired) electrons. The van der Waals surface area contributed by atoms with Crippen LogP contribution >= 0.6 is 0 Å². The monoisotopic (exact) mass is 331 g/mol. The fraction of sp³-hybridized carbons (Fsp3) is 0.632. The van der Waals surface area contributed by atoms with Crippen molar-refractivity contribution in [3.05, 3.63) is 29.8 Å². The molecule has 1 atom stereocenters. The van der Waals surface area contributed by atoms with E-state index in [1.807, 2.05) is 11.0 Å². The normalized spacial score (nSPS) is 21.9. The summed E-state index contributed by atoms with van der Waals surface area (Å²) in [4.78, 5) is 19.5. The van der Waals surface area contributed by atoms with E-state index >= 15 is 0 Å². The number of carbonyl (C=O) groups is 1. The summed E-state index contributed by atoms with van der Waals surface area (Å²) in [6, 6.07) is 8.79. The molecule has 1 saturated heterocycles. The molecule has 1 aromatic carbocycles. The van der Waals surface area contributed by atoms with Crippen LogP contribution in [0.1, 0.15) is 18.9 Å². The predicted octanol–water partition coefficient (Wildman–Crippen LogP) is 1.62. The lowest BCUT2D eigenvalue weighted by Crippen LogP contribution is -2.53. The maximum absolute atomic E-state index is 12.6. The van der Waals surface area contributed by atoms with E-state index in [4.69, 9.17) is 4.74 Å². The minimum Gasteiger partial charge on any atom is -0.383 e. The highest BCUT2D eigenvalue weighted by molar-refractivity contribution is 5.95. The van der Waals surface area contributed by atoms with Crippen molar-refractivity contribution in [3.63, 3.8) is 0 Å². The van der Waals surface area contributed by atoms with Crippen LogP contribution in [0.3, 0.4) is 0 Å². The number of benzene rings is 1. The van der Waals surface area contributed by atoms with Gasteiger partial charge in [0.15, 0.2) is 0 Å². The van der Waals surface area contributed by atoms with Crippen LogP contribution in [-0.4, -0.2) is 74.7 Å². The van der Waals surface area contributed by atoms with Gasteiger partial charge in [0.05, 0.1) is 6.61 Å². The predicted molar refractivity (Wildman–Crippen MR) is 96.5 cm³/mol. The number of anilines is 1. The molecular formula is C19H29N3O2. The first-order chi connectivity index (χ1) is 11.7. The second-order valence-corrected chi connectivity index (χ2v) is 6.85. The molecule has 0 unspecified atom stereocenters. The van der Waals surface area contributed by atoms with E-state index in [1.54, 1.807) is 7.11 Å². The number of piperazine rings is 1. The van der Waals surface area contributed by atoms with Crippen molar-refractivity contribution in [3.8, 4) is 0 Å². The summed E-state index contributed by atoms with van der Waals surface area (Å²) < 4.78 is 5.18. The summed E-state index contributed by atoms with van der Waals surface area (Å²) in [6.07, 6.45) is 1.59. The lowest BCUT2D eigenvalue weighted by molar-refractivity contribution is -0.119. The van der Waals surface area contributed by atoms with E-state index in [1.165, 1.54) is 5.56 Å². The van der Waals surface area contributed by atoms with Crippen molar-refractivity contribution < 1.29 is 9.53 Å². The molecule has 1 aromatic rings. The standard InChI is InChI=1S/C19H29N3O2/c1-16-15-20(11-12-21(16)13-14-24-2)9-8-19(23)22-10-7-17-5-3-4-6-18(17)22/h3-6,16H,7-15H2,1-2H3/t16-/m1/s1. The van der Waals surface area contributed by atoms with Crippen molar-refractivity contribution in [2.75, 3.05) is 57.9 Å².